The highest BCUT2D eigenvalue weighted by Gasteiger charge is 2.31. The highest BCUT2D eigenvalue weighted by Crippen LogP contribution is 2.34. The number of fused-ring (bicyclic) bond motifs is 1. The number of carbonyl (C=O) groups excluding carboxylic acids is 3. The molecule has 1 amide bonds. The molecule has 1 aromatic carbocycles. The van der Waals surface area contributed by atoms with E-state index in [1.54, 1.807) is 25.6 Å². The predicted octanol–water partition coefficient (Wildman–Crippen LogP) is 2.05. The van der Waals surface area contributed by atoms with Crippen LogP contribution in [0.25, 0.3) is 0 Å². The SMILES string of the molecule is CCOC(=O)CN1C(=O)C(NCCCCCC(=O)OC(C)N)CSc2ccccc21. The maximum absolute atomic E-state index is 13.1. The summed E-state index contributed by atoms with van der Waals surface area (Å²) in [6.07, 6.45) is 2.12. The number of unbranched alkanes of at least 4 members (excludes halogenated alkanes) is 2. The van der Waals surface area contributed by atoms with Crippen LogP contribution in [0, 0.1) is 0 Å². The van der Waals surface area contributed by atoms with Crippen molar-refractivity contribution < 1.29 is 23.9 Å². The molecule has 8 nitrogen and oxygen atoms in total. The summed E-state index contributed by atoms with van der Waals surface area (Å²) in [5.74, 6) is -0.276. The molecule has 0 aliphatic carbocycles. The summed E-state index contributed by atoms with van der Waals surface area (Å²) < 4.78 is 9.95. The number of amides is 1. The second kappa shape index (κ2) is 12.6. The van der Waals surface area contributed by atoms with Crippen LogP contribution in [0.2, 0.25) is 0 Å². The topological polar surface area (TPSA) is 111 Å². The van der Waals surface area contributed by atoms with Crippen LogP contribution in [0.15, 0.2) is 29.2 Å². The number of carbonyl (C=O) groups is 3. The molecule has 0 saturated heterocycles. The number of hydrogen-bond donors (Lipinski definition) is 2. The molecule has 0 bridgehead atoms. The van der Waals surface area contributed by atoms with E-state index >= 15 is 0 Å². The first-order chi connectivity index (χ1) is 14.4. The van der Waals surface area contributed by atoms with Crippen molar-refractivity contribution in [2.75, 3.05) is 30.3 Å². The Balaban J connectivity index is 1.87. The minimum absolute atomic E-state index is 0.107. The zero-order valence-corrected chi connectivity index (χ0v) is 18.4. The Morgan fingerprint density at radius 2 is 2.03 bits per heavy atom. The molecule has 1 heterocycles. The van der Waals surface area contributed by atoms with E-state index in [2.05, 4.69) is 5.32 Å². The van der Waals surface area contributed by atoms with Crippen LogP contribution in [0.3, 0.4) is 0 Å². The molecule has 0 fully saturated rings. The standard InChI is InChI=1S/C21H31N3O5S/c1-3-28-20(26)13-24-17-9-6-7-10-18(17)30-14-16(21(24)27)23-12-8-4-5-11-19(25)29-15(2)22/h6-7,9-10,15-16,23H,3-5,8,11-14,22H2,1-2H3. The van der Waals surface area contributed by atoms with Crippen LogP contribution in [0.1, 0.15) is 39.5 Å². The molecule has 0 saturated carbocycles. The molecule has 30 heavy (non-hydrogen) atoms. The van der Waals surface area contributed by atoms with E-state index in [9.17, 15) is 14.4 Å². The highest BCUT2D eigenvalue weighted by molar-refractivity contribution is 7.99. The summed E-state index contributed by atoms with van der Waals surface area (Å²) in [4.78, 5) is 39.1. The molecule has 9 heteroatoms. The number of rotatable bonds is 11. The molecule has 0 aromatic heterocycles. The Kier molecular flexibility index (Phi) is 10.1. The Morgan fingerprint density at radius 3 is 2.77 bits per heavy atom. The van der Waals surface area contributed by atoms with Crippen LogP contribution in [0.5, 0.6) is 0 Å². The number of thioether (sulfide) groups is 1. The van der Waals surface area contributed by atoms with E-state index < -0.39 is 18.2 Å². The van der Waals surface area contributed by atoms with Gasteiger partial charge in [0.05, 0.1) is 18.3 Å². The number of nitrogens with zero attached hydrogens (tertiary/aromatic N) is 1. The number of para-hydroxylation sites is 1. The zero-order valence-electron chi connectivity index (χ0n) is 17.6. The molecular weight excluding hydrogens is 406 g/mol. The molecule has 2 rings (SSSR count). The molecule has 1 aliphatic heterocycles. The third-order valence-corrected chi connectivity index (χ3v) is 5.64. The number of benzene rings is 1. The molecule has 2 atom stereocenters. The second-order valence-corrected chi connectivity index (χ2v) is 8.08. The van der Waals surface area contributed by atoms with Gasteiger partial charge in [-0.15, -0.1) is 11.8 Å². The Bertz CT molecular complexity index is 728. The fourth-order valence-corrected chi connectivity index (χ4v) is 4.22. The Morgan fingerprint density at radius 1 is 1.27 bits per heavy atom. The van der Waals surface area contributed by atoms with Gasteiger partial charge in [-0.25, -0.2) is 0 Å². The Hall–Kier alpha value is -2.10. The molecule has 0 spiro atoms. The lowest BCUT2D eigenvalue weighted by Gasteiger charge is -2.25. The minimum atomic E-state index is -0.584. The van der Waals surface area contributed by atoms with Crippen molar-refractivity contribution in [2.24, 2.45) is 5.73 Å². The van der Waals surface area contributed by atoms with Gasteiger partial charge in [-0.05, 0) is 45.4 Å². The number of anilines is 1. The average Bonchev–Trinajstić information content (AvgIpc) is 2.82. The van der Waals surface area contributed by atoms with Crippen molar-refractivity contribution in [1.82, 2.24) is 5.32 Å². The molecule has 0 radical (unpaired) electrons. The summed E-state index contributed by atoms with van der Waals surface area (Å²) >= 11 is 1.59. The maximum Gasteiger partial charge on any atom is 0.326 e. The van der Waals surface area contributed by atoms with E-state index in [-0.39, 0.29) is 25.0 Å². The van der Waals surface area contributed by atoms with Crippen molar-refractivity contribution in [3.8, 4) is 0 Å². The van der Waals surface area contributed by atoms with Crippen LogP contribution in [-0.2, 0) is 23.9 Å². The number of ether oxygens (including phenoxy) is 2. The van der Waals surface area contributed by atoms with Gasteiger partial charge in [0.1, 0.15) is 12.8 Å². The molecule has 2 unspecified atom stereocenters. The van der Waals surface area contributed by atoms with Gasteiger partial charge in [0, 0.05) is 17.1 Å². The van der Waals surface area contributed by atoms with Gasteiger partial charge < -0.3 is 14.8 Å². The molecule has 1 aromatic rings. The normalized spacial score (nSPS) is 17.1. The fraction of sp³-hybridized carbons (Fsp3) is 0.571. The van der Waals surface area contributed by atoms with E-state index in [1.807, 2.05) is 24.3 Å². The Labute approximate surface area is 181 Å². The van der Waals surface area contributed by atoms with E-state index in [0.29, 0.717) is 25.1 Å². The van der Waals surface area contributed by atoms with Gasteiger partial charge >= 0.3 is 11.9 Å². The fourth-order valence-electron chi connectivity index (χ4n) is 3.11. The first-order valence-corrected chi connectivity index (χ1v) is 11.3. The van der Waals surface area contributed by atoms with Crippen molar-refractivity contribution in [3.05, 3.63) is 24.3 Å². The zero-order chi connectivity index (χ0) is 21.9. The van der Waals surface area contributed by atoms with Crippen LogP contribution < -0.4 is 16.0 Å². The van der Waals surface area contributed by atoms with Crippen molar-refractivity contribution in [2.45, 2.75) is 56.7 Å². The van der Waals surface area contributed by atoms with Crippen LogP contribution >= 0.6 is 11.8 Å². The molecule has 3 N–H and O–H groups in total. The summed E-state index contributed by atoms with van der Waals surface area (Å²) in [6, 6.07) is 7.18. The summed E-state index contributed by atoms with van der Waals surface area (Å²) in [5.41, 5.74) is 6.16. The second-order valence-electron chi connectivity index (χ2n) is 7.02. The van der Waals surface area contributed by atoms with Crippen molar-refractivity contribution in [3.63, 3.8) is 0 Å². The van der Waals surface area contributed by atoms with Crippen LogP contribution in [-0.4, -0.2) is 55.6 Å². The predicted molar refractivity (Wildman–Crippen MR) is 116 cm³/mol. The molecular formula is C21H31N3O5S. The largest absolute Gasteiger partial charge is 0.465 e. The summed E-state index contributed by atoms with van der Waals surface area (Å²) in [5, 5.41) is 3.30. The van der Waals surface area contributed by atoms with Gasteiger partial charge in [-0.1, -0.05) is 18.6 Å². The van der Waals surface area contributed by atoms with Crippen molar-refractivity contribution in [1.29, 1.82) is 0 Å². The smallest absolute Gasteiger partial charge is 0.326 e. The average molecular weight is 438 g/mol. The third kappa shape index (κ3) is 7.62. The first-order valence-electron chi connectivity index (χ1n) is 10.3. The van der Waals surface area contributed by atoms with Gasteiger partial charge in [0.25, 0.3) is 0 Å². The van der Waals surface area contributed by atoms with E-state index in [1.165, 1.54) is 4.90 Å². The van der Waals surface area contributed by atoms with Gasteiger partial charge in [0.2, 0.25) is 5.91 Å². The van der Waals surface area contributed by atoms with E-state index in [4.69, 9.17) is 15.2 Å². The minimum Gasteiger partial charge on any atom is -0.465 e. The lowest BCUT2D eigenvalue weighted by Crippen LogP contribution is -2.49. The lowest BCUT2D eigenvalue weighted by atomic mass is 10.2. The van der Waals surface area contributed by atoms with Gasteiger partial charge in [-0.2, -0.15) is 0 Å². The highest BCUT2D eigenvalue weighted by atomic mass is 32.2. The summed E-state index contributed by atoms with van der Waals surface area (Å²) in [7, 11) is 0. The number of hydrogen-bond acceptors (Lipinski definition) is 8. The summed E-state index contributed by atoms with van der Waals surface area (Å²) in [6.45, 7) is 4.17. The third-order valence-electron chi connectivity index (χ3n) is 4.48. The van der Waals surface area contributed by atoms with Crippen molar-refractivity contribution >= 4 is 35.3 Å². The number of nitrogens with two attached hydrogens (primary N) is 1. The monoisotopic (exact) mass is 437 g/mol. The van der Waals surface area contributed by atoms with Crippen LogP contribution in [0.4, 0.5) is 5.69 Å². The lowest BCUT2D eigenvalue weighted by molar-refractivity contribution is -0.148. The quantitative estimate of drug-likeness (QED) is 0.307. The van der Waals surface area contributed by atoms with Gasteiger partial charge in [-0.3, -0.25) is 25.0 Å². The molecule has 166 valence electrons. The van der Waals surface area contributed by atoms with Gasteiger partial charge in [0.15, 0.2) is 0 Å². The number of esters is 2. The first kappa shape index (κ1) is 24.2. The number of nitrogens with one attached hydrogen (secondary N) is 1. The maximum atomic E-state index is 13.1. The molecule has 1 aliphatic rings. The van der Waals surface area contributed by atoms with E-state index in [0.717, 1.165) is 23.4 Å².